The van der Waals surface area contributed by atoms with Gasteiger partial charge < -0.3 is 9.47 Å². The Morgan fingerprint density at radius 1 is 1.40 bits per heavy atom. The van der Waals surface area contributed by atoms with Gasteiger partial charge >= 0.3 is 0 Å². The Balaban J connectivity index is 2.18. The smallest absolute Gasteiger partial charge is 0.163 e. The second-order valence-corrected chi connectivity index (χ2v) is 5.60. The van der Waals surface area contributed by atoms with Crippen molar-refractivity contribution in [2.75, 3.05) is 0 Å². The third kappa shape index (κ3) is 1.95. The van der Waals surface area contributed by atoms with Crippen LogP contribution in [0.4, 0.5) is 0 Å². The van der Waals surface area contributed by atoms with E-state index in [2.05, 4.69) is 16.9 Å². The molecule has 0 bridgehead atoms. The summed E-state index contributed by atoms with van der Waals surface area (Å²) in [7, 11) is 0. The van der Waals surface area contributed by atoms with Gasteiger partial charge in [-0.15, -0.1) is 11.8 Å². The first-order valence-corrected chi connectivity index (χ1v) is 6.07. The van der Waals surface area contributed by atoms with Crippen LogP contribution in [0.15, 0.2) is 5.11 Å². The summed E-state index contributed by atoms with van der Waals surface area (Å²) in [4.78, 5) is 2.86. The number of hydrogen-bond donors (Lipinski definition) is 0. The molecule has 0 aromatic rings. The van der Waals surface area contributed by atoms with E-state index in [4.69, 9.17) is 15.0 Å². The molecule has 5 nitrogen and oxygen atoms in total. The third-order valence-electron chi connectivity index (χ3n) is 2.69. The predicted molar refractivity (Wildman–Crippen MR) is 58.4 cm³/mol. The first-order chi connectivity index (χ1) is 7.07. The second-order valence-electron chi connectivity index (χ2n) is 4.24. The van der Waals surface area contributed by atoms with Crippen LogP contribution in [0, 0.1) is 0 Å². The zero-order valence-electron chi connectivity index (χ0n) is 9.08. The Hall–Kier alpha value is -0.420. The van der Waals surface area contributed by atoms with Crippen LogP contribution >= 0.6 is 11.8 Å². The average Bonchev–Trinajstić information content (AvgIpc) is 2.61. The number of rotatable bonds is 2. The summed E-state index contributed by atoms with van der Waals surface area (Å²) in [5.41, 5.74) is 8.48. The summed E-state index contributed by atoms with van der Waals surface area (Å²) in [6.45, 7) is 5.91. The monoisotopic (exact) mass is 229 g/mol. The molecule has 0 aliphatic carbocycles. The molecule has 4 atom stereocenters. The maximum Gasteiger partial charge on any atom is 0.163 e. The van der Waals surface area contributed by atoms with Crippen LogP contribution in [-0.4, -0.2) is 28.6 Å². The maximum atomic E-state index is 8.48. The van der Waals surface area contributed by atoms with Crippen LogP contribution in [-0.2, 0) is 9.47 Å². The molecule has 2 heterocycles. The number of thioether (sulfide) groups is 1. The molecule has 0 aromatic carbocycles. The van der Waals surface area contributed by atoms with Crippen molar-refractivity contribution >= 4 is 11.8 Å². The molecule has 2 saturated heterocycles. The number of hydrogen-bond acceptors (Lipinski definition) is 4. The summed E-state index contributed by atoms with van der Waals surface area (Å²) < 4.78 is 11.6. The van der Waals surface area contributed by atoms with E-state index in [1.54, 1.807) is 11.8 Å². The van der Waals surface area contributed by atoms with E-state index in [9.17, 15) is 0 Å². The molecule has 2 aliphatic heterocycles. The molecular formula is C9H15N3O2S. The van der Waals surface area contributed by atoms with E-state index in [0.717, 1.165) is 6.42 Å². The summed E-state index contributed by atoms with van der Waals surface area (Å²) in [5.74, 6) is -0.549. The van der Waals surface area contributed by atoms with Crippen LogP contribution < -0.4 is 0 Å². The zero-order chi connectivity index (χ0) is 11.1. The van der Waals surface area contributed by atoms with Crippen LogP contribution in [0.1, 0.15) is 27.2 Å². The van der Waals surface area contributed by atoms with Crippen LogP contribution in [0.3, 0.4) is 0 Å². The highest BCUT2D eigenvalue weighted by Gasteiger charge is 2.53. The lowest BCUT2D eigenvalue weighted by Gasteiger charge is -2.21. The van der Waals surface area contributed by atoms with Crippen molar-refractivity contribution in [2.24, 2.45) is 5.11 Å². The number of ether oxygens (including phenoxy) is 2. The molecule has 0 spiro atoms. The minimum atomic E-state index is -0.549. The van der Waals surface area contributed by atoms with Gasteiger partial charge in [0.1, 0.15) is 17.6 Å². The first kappa shape index (κ1) is 11.1. The molecule has 2 rings (SSSR count). The molecule has 0 saturated carbocycles. The Morgan fingerprint density at radius 3 is 2.67 bits per heavy atom. The fraction of sp³-hybridized carbons (Fsp3) is 1.00. The minimum absolute atomic E-state index is 0.0606. The molecule has 84 valence electrons. The molecule has 6 heteroatoms. The Labute approximate surface area is 93.1 Å². The second kappa shape index (κ2) is 3.87. The molecule has 15 heavy (non-hydrogen) atoms. The van der Waals surface area contributed by atoms with Gasteiger partial charge in [-0.05, 0) is 25.8 Å². The van der Waals surface area contributed by atoms with Gasteiger partial charge in [0.2, 0.25) is 0 Å². The minimum Gasteiger partial charge on any atom is -0.343 e. The van der Waals surface area contributed by atoms with Crippen molar-refractivity contribution in [2.45, 2.75) is 55.8 Å². The van der Waals surface area contributed by atoms with E-state index in [1.165, 1.54) is 0 Å². The standard InChI is InChI=1S/C9H15N3O2S/c1-4-5-6-7(8(15-5)11-12-10)14-9(2,3)13-6/h5-8H,4H2,1-3H3/t5-,6-,7-,8?/m1/s1. The van der Waals surface area contributed by atoms with E-state index in [-0.39, 0.29) is 17.6 Å². The van der Waals surface area contributed by atoms with Crippen molar-refractivity contribution in [1.82, 2.24) is 0 Å². The molecule has 2 aliphatic rings. The Bertz CT molecular complexity index is 304. The van der Waals surface area contributed by atoms with Gasteiger partial charge in [-0.2, -0.15) is 0 Å². The topological polar surface area (TPSA) is 67.2 Å². The quantitative estimate of drug-likeness (QED) is 0.415. The van der Waals surface area contributed by atoms with Gasteiger partial charge in [-0.1, -0.05) is 12.0 Å². The van der Waals surface area contributed by atoms with Crippen molar-refractivity contribution in [3.8, 4) is 0 Å². The van der Waals surface area contributed by atoms with Gasteiger partial charge in [0.15, 0.2) is 5.79 Å². The highest BCUT2D eigenvalue weighted by atomic mass is 32.2. The lowest BCUT2D eigenvalue weighted by molar-refractivity contribution is -0.147. The lowest BCUT2D eigenvalue weighted by atomic mass is 10.1. The van der Waals surface area contributed by atoms with Gasteiger partial charge in [0, 0.05) is 10.2 Å². The van der Waals surface area contributed by atoms with Crippen molar-refractivity contribution in [3.63, 3.8) is 0 Å². The molecular weight excluding hydrogens is 214 g/mol. The van der Waals surface area contributed by atoms with Crippen molar-refractivity contribution in [3.05, 3.63) is 10.4 Å². The van der Waals surface area contributed by atoms with Gasteiger partial charge in [-0.3, -0.25) is 0 Å². The van der Waals surface area contributed by atoms with E-state index >= 15 is 0 Å². The predicted octanol–water partition coefficient (Wildman–Crippen LogP) is 2.67. The van der Waals surface area contributed by atoms with E-state index in [0.29, 0.717) is 5.25 Å². The number of nitrogens with zero attached hydrogens (tertiary/aromatic N) is 3. The summed E-state index contributed by atoms with van der Waals surface area (Å²) in [6.07, 6.45) is 0.972. The van der Waals surface area contributed by atoms with E-state index in [1.807, 2.05) is 13.8 Å². The molecule has 1 unspecified atom stereocenters. The fourth-order valence-corrected chi connectivity index (χ4v) is 3.51. The van der Waals surface area contributed by atoms with Crippen LogP contribution in [0.2, 0.25) is 0 Å². The van der Waals surface area contributed by atoms with Crippen molar-refractivity contribution < 1.29 is 9.47 Å². The zero-order valence-corrected chi connectivity index (χ0v) is 9.90. The normalized spacial score (nSPS) is 42.3. The first-order valence-electron chi connectivity index (χ1n) is 5.12. The number of azide groups is 1. The van der Waals surface area contributed by atoms with Crippen LogP contribution in [0.25, 0.3) is 10.4 Å². The Morgan fingerprint density at radius 2 is 2.07 bits per heavy atom. The summed E-state index contributed by atoms with van der Waals surface area (Å²) in [5, 5.41) is 3.99. The lowest BCUT2D eigenvalue weighted by Crippen LogP contribution is -2.28. The van der Waals surface area contributed by atoms with Gasteiger partial charge in [0.05, 0.1) is 0 Å². The largest absolute Gasteiger partial charge is 0.343 e. The highest BCUT2D eigenvalue weighted by molar-refractivity contribution is 8.00. The maximum absolute atomic E-state index is 8.48. The molecule has 2 fully saturated rings. The fourth-order valence-electron chi connectivity index (χ4n) is 2.13. The SMILES string of the molecule is CC[C@H]1SC(N=[N+]=[N-])[C@@H]2OC(C)(C)O[C@H]12. The van der Waals surface area contributed by atoms with E-state index < -0.39 is 5.79 Å². The highest BCUT2D eigenvalue weighted by Crippen LogP contribution is 2.47. The number of fused-ring (bicyclic) bond motifs is 1. The average molecular weight is 229 g/mol. The van der Waals surface area contributed by atoms with Crippen LogP contribution in [0.5, 0.6) is 0 Å². The van der Waals surface area contributed by atoms with Crippen molar-refractivity contribution in [1.29, 1.82) is 0 Å². The Kier molecular flexibility index (Phi) is 2.85. The van der Waals surface area contributed by atoms with Gasteiger partial charge in [-0.25, -0.2) is 0 Å². The summed E-state index contributed by atoms with van der Waals surface area (Å²) in [6, 6.07) is 0. The molecule has 0 amide bonds. The molecule has 0 N–H and O–H groups in total. The van der Waals surface area contributed by atoms with Gasteiger partial charge in [0.25, 0.3) is 0 Å². The molecule has 0 aromatic heterocycles. The summed E-state index contributed by atoms with van der Waals surface area (Å²) >= 11 is 1.66. The third-order valence-corrected chi connectivity index (χ3v) is 4.29. The molecule has 0 radical (unpaired) electrons.